The summed E-state index contributed by atoms with van der Waals surface area (Å²) in [5.74, 6) is -2.66. The molecule has 8 nitrogen and oxygen atoms in total. The third kappa shape index (κ3) is 3.04. The topological polar surface area (TPSA) is 109 Å². The van der Waals surface area contributed by atoms with Crippen LogP contribution < -0.4 is 10.3 Å². The van der Waals surface area contributed by atoms with Gasteiger partial charge in [-0.05, 0) is 68.4 Å². The van der Waals surface area contributed by atoms with E-state index in [1.807, 2.05) is 26.0 Å². The van der Waals surface area contributed by atoms with E-state index in [-0.39, 0.29) is 22.6 Å². The first-order chi connectivity index (χ1) is 14.3. The van der Waals surface area contributed by atoms with Gasteiger partial charge < -0.3 is 5.11 Å². The van der Waals surface area contributed by atoms with E-state index in [4.69, 9.17) is 5.11 Å². The van der Waals surface area contributed by atoms with Crippen molar-refractivity contribution in [2.45, 2.75) is 13.8 Å². The lowest BCUT2D eigenvalue weighted by molar-refractivity contribution is 0.0696. The van der Waals surface area contributed by atoms with Crippen LogP contribution >= 0.6 is 0 Å². The van der Waals surface area contributed by atoms with Crippen LogP contribution in [0.5, 0.6) is 0 Å². The van der Waals surface area contributed by atoms with Gasteiger partial charge in [0, 0.05) is 17.0 Å². The highest BCUT2D eigenvalue weighted by molar-refractivity contribution is 6.34. The maximum atomic E-state index is 12.7. The molecule has 30 heavy (non-hydrogen) atoms. The number of hydrogen-bond acceptors (Lipinski definition) is 4. The van der Waals surface area contributed by atoms with Gasteiger partial charge in [0.1, 0.15) is 0 Å². The number of benzene rings is 2. The molecule has 0 fully saturated rings. The summed E-state index contributed by atoms with van der Waals surface area (Å²) < 4.78 is 1.67. The molecule has 2 heterocycles. The molecular formula is C22H17N3O5. The average Bonchev–Trinajstić information content (AvgIpc) is 3.18. The van der Waals surface area contributed by atoms with Crippen molar-refractivity contribution in [3.05, 3.63) is 88.2 Å². The Morgan fingerprint density at radius 3 is 1.97 bits per heavy atom. The highest BCUT2D eigenvalue weighted by Crippen LogP contribution is 2.29. The zero-order valence-corrected chi connectivity index (χ0v) is 16.2. The van der Waals surface area contributed by atoms with Crippen LogP contribution in [0, 0.1) is 13.8 Å². The van der Waals surface area contributed by atoms with Crippen LogP contribution in [0.3, 0.4) is 0 Å². The van der Waals surface area contributed by atoms with Crippen molar-refractivity contribution in [2.75, 3.05) is 10.3 Å². The molecule has 0 unspecified atom stereocenters. The lowest BCUT2D eigenvalue weighted by atomic mass is 10.1. The van der Waals surface area contributed by atoms with Crippen molar-refractivity contribution >= 4 is 29.4 Å². The third-order valence-corrected chi connectivity index (χ3v) is 5.01. The summed E-state index contributed by atoms with van der Waals surface area (Å²) in [6.07, 6.45) is 0. The van der Waals surface area contributed by atoms with Crippen molar-refractivity contribution in [1.82, 2.24) is 4.68 Å². The molecule has 1 aliphatic rings. The first-order valence-electron chi connectivity index (χ1n) is 9.10. The molecular weight excluding hydrogens is 386 g/mol. The molecule has 0 bridgehead atoms. The van der Waals surface area contributed by atoms with E-state index in [1.165, 1.54) is 42.5 Å². The van der Waals surface area contributed by atoms with Crippen molar-refractivity contribution < 1.29 is 24.3 Å². The van der Waals surface area contributed by atoms with Gasteiger partial charge >= 0.3 is 5.97 Å². The first kappa shape index (κ1) is 19.1. The van der Waals surface area contributed by atoms with Crippen LogP contribution in [0.25, 0.3) is 0 Å². The number of nitrogens with zero attached hydrogens (tertiary/aromatic N) is 2. The van der Waals surface area contributed by atoms with Gasteiger partial charge in [-0.2, -0.15) is 0 Å². The third-order valence-electron chi connectivity index (χ3n) is 5.01. The summed E-state index contributed by atoms with van der Waals surface area (Å²) in [5.41, 5.74) is 5.31. The number of rotatable bonds is 4. The fourth-order valence-electron chi connectivity index (χ4n) is 3.38. The van der Waals surface area contributed by atoms with Crippen molar-refractivity contribution in [3.63, 3.8) is 0 Å². The molecule has 2 N–H and O–H groups in total. The number of hydrogen-bond donors (Lipinski definition) is 2. The minimum absolute atomic E-state index is 0.0419. The Morgan fingerprint density at radius 1 is 0.800 bits per heavy atom. The number of imide groups is 1. The molecule has 0 aliphatic carbocycles. The number of carbonyl (C=O) groups is 4. The highest BCUT2D eigenvalue weighted by atomic mass is 16.4. The lowest BCUT2D eigenvalue weighted by Crippen LogP contribution is -2.29. The van der Waals surface area contributed by atoms with Gasteiger partial charge in [0.2, 0.25) is 0 Å². The van der Waals surface area contributed by atoms with E-state index < -0.39 is 17.8 Å². The van der Waals surface area contributed by atoms with Gasteiger partial charge in [-0.15, -0.1) is 0 Å². The molecule has 2 aromatic carbocycles. The number of aromatic carboxylic acids is 1. The molecule has 0 saturated heterocycles. The Morgan fingerprint density at radius 2 is 1.37 bits per heavy atom. The molecule has 0 spiro atoms. The van der Waals surface area contributed by atoms with Crippen LogP contribution in [-0.2, 0) is 0 Å². The zero-order valence-electron chi connectivity index (χ0n) is 16.2. The van der Waals surface area contributed by atoms with E-state index in [0.717, 1.165) is 16.3 Å². The molecule has 1 aliphatic heterocycles. The summed E-state index contributed by atoms with van der Waals surface area (Å²) in [7, 11) is 0. The Hall–Kier alpha value is -4.20. The van der Waals surface area contributed by atoms with Crippen LogP contribution in [0.2, 0.25) is 0 Å². The molecule has 8 heteroatoms. The predicted molar refractivity (Wildman–Crippen MR) is 109 cm³/mol. The molecule has 150 valence electrons. The van der Waals surface area contributed by atoms with Gasteiger partial charge in [-0.25, -0.2) is 9.69 Å². The first-order valence-corrected chi connectivity index (χ1v) is 9.10. The highest BCUT2D eigenvalue weighted by Gasteiger charge is 2.37. The summed E-state index contributed by atoms with van der Waals surface area (Å²) in [6.45, 7) is 3.74. The Balaban J connectivity index is 1.58. The number of aryl methyl sites for hydroxylation is 2. The minimum atomic E-state index is -1.18. The number of carboxylic acid groups (broad SMARTS) is 1. The Bertz CT molecular complexity index is 1200. The van der Waals surface area contributed by atoms with E-state index in [2.05, 4.69) is 5.43 Å². The van der Waals surface area contributed by atoms with Crippen molar-refractivity contribution in [1.29, 1.82) is 0 Å². The maximum Gasteiger partial charge on any atom is 0.335 e. The standard InChI is InChI=1S/C22H17N3O5/c1-12-3-4-13(2)25(12)23-19(26)14-5-8-16(9-6-14)24-20(27)17-10-7-15(22(29)30)11-18(17)21(24)28/h3-11H,1-2H3,(H,23,26)(H,29,30). The van der Waals surface area contributed by atoms with Crippen LogP contribution in [0.1, 0.15) is 52.8 Å². The van der Waals surface area contributed by atoms with Crippen molar-refractivity contribution in [2.24, 2.45) is 0 Å². The zero-order chi connectivity index (χ0) is 21.6. The average molecular weight is 403 g/mol. The van der Waals surface area contributed by atoms with Gasteiger partial charge in [0.25, 0.3) is 17.7 Å². The molecule has 0 atom stereocenters. The number of nitrogens with one attached hydrogen (secondary N) is 1. The quantitative estimate of drug-likeness (QED) is 0.651. The monoisotopic (exact) mass is 403 g/mol. The molecule has 1 aromatic heterocycles. The maximum absolute atomic E-state index is 12.7. The van der Waals surface area contributed by atoms with E-state index in [1.54, 1.807) is 4.68 Å². The van der Waals surface area contributed by atoms with Gasteiger partial charge in [0.05, 0.1) is 22.4 Å². The Kier molecular flexibility index (Phi) is 4.46. The second kappa shape index (κ2) is 7.00. The SMILES string of the molecule is Cc1ccc(C)n1NC(=O)c1ccc(N2C(=O)c3ccc(C(=O)O)cc3C2=O)cc1. The van der Waals surface area contributed by atoms with E-state index in [9.17, 15) is 19.2 Å². The lowest BCUT2D eigenvalue weighted by Gasteiger charge is -2.15. The number of carboxylic acids is 1. The second-order valence-corrected chi connectivity index (χ2v) is 6.95. The van der Waals surface area contributed by atoms with E-state index >= 15 is 0 Å². The van der Waals surface area contributed by atoms with E-state index in [0.29, 0.717) is 11.3 Å². The normalized spacial score (nSPS) is 12.8. The van der Waals surface area contributed by atoms with Crippen molar-refractivity contribution in [3.8, 4) is 0 Å². The molecule has 0 saturated carbocycles. The summed E-state index contributed by atoms with van der Waals surface area (Å²) in [5, 5.41) is 9.11. The van der Waals surface area contributed by atoms with Crippen LogP contribution in [-0.4, -0.2) is 33.5 Å². The number of aromatic nitrogens is 1. The van der Waals surface area contributed by atoms with Gasteiger partial charge in [-0.3, -0.25) is 24.5 Å². The number of fused-ring (bicyclic) bond motifs is 1. The predicted octanol–water partition coefficient (Wildman–Crippen LogP) is 2.99. The minimum Gasteiger partial charge on any atom is -0.478 e. The number of carbonyl (C=O) groups excluding carboxylic acids is 3. The van der Waals surface area contributed by atoms with Gasteiger partial charge in [-0.1, -0.05) is 0 Å². The Labute approximate surface area is 171 Å². The smallest absolute Gasteiger partial charge is 0.335 e. The molecule has 0 radical (unpaired) electrons. The molecule has 4 rings (SSSR count). The fraction of sp³-hybridized carbons (Fsp3) is 0.0909. The number of amides is 3. The molecule has 3 amide bonds. The summed E-state index contributed by atoms with van der Waals surface area (Å²) >= 11 is 0. The number of anilines is 1. The fourth-order valence-corrected chi connectivity index (χ4v) is 3.38. The van der Waals surface area contributed by atoms with Crippen LogP contribution in [0.15, 0.2) is 54.6 Å². The summed E-state index contributed by atoms with van der Waals surface area (Å²) in [6, 6.07) is 13.6. The second-order valence-electron chi connectivity index (χ2n) is 6.95. The summed E-state index contributed by atoms with van der Waals surface area (Å²) in [4.78, 5) is 50.0. The van der Waals surface area contributed by atoms with Gasteiger partial charge in [0.15, 0.2) is 0 Å². The largest absolute Gasteiger partial charge is 0.478 e. The molecule has 3 aromatic rings. The van der Waals surface area contributed by atoms with Crippen LogP contribution in [0.4, 0.5) is 5.69 Å².